The molecule has 0 radical (unpaired) electrons. The van der Waals surface area contributed by atoms with Crippen LogP contribution in [0.5, 0.6) is 0 Å². The molecule has 3 heterocycles. The zero-order chi connectivity index (χ0) is 22.7. The Balaban J connectivity index is 1.61. The van der Waals surface area contributed by atoms with Crippen molar-refractivity contribution in [3.05, 3.63) is 56.3 Å². The van der Waals surface area contributed by atoms with Gasteiger partial charge in [0.15, 0.2) is 11.5 Å². The van der Waals surface area contributed by atoms with Gasteiger partial charge in [-0.1, -0.05) is 11.6 Å². The fourth-order valence-electron chi connectivity index (χ4n) is 3.92. The molecule has 2 aromatic heterocycles. The fourth-order valence-corrected chi connectivity index (χ4v) is 4.05. The van der Waals surface area contributed by atoms with Crippen molar-refractivity contribution >= 4 is 28.5 Å². The first-order valence-corrected chi connectivity index (χ1v) is 11.1. The van der Waals surface area contributed by atoms with Crippen LogP contribution in [0.1, 0.15) is 19.8 Å². The van der Waals surface area contributed by atoms with Gasteiger partial charge in [0.25, 0.3) is 5.56 Å². The first-order valence-electron chi connectivity index (χ1n) is 10.7. The molecule has 168 valence electrons. The third-order valence-corrected chi connectivity index (χ3v) is 5.88. The first-order chi connectivity index (χ1) is 15.5. The van der Waals surface area contributed by atoms with Gasteiger partial charge in [0.05, 0.1) is 0 Å². The summed E-state index contributed by atoms with van der Waals surface area (Å²) >= 11 is 5.94. The van der Waals surface area contributed by atoms with E-state index in [1.165, 1.54) is 23.6 Å². The molecule has 0 unspecified atom stereocenters. The maximum Gasteiger partial charge on any atom is 0.333 e. The monoisotopic (exact) mass is 456 g/mol. The number of halogens is 1. The molecule has 0 atom stereocenters. The molecular formula is C22H25ClN6O3. The normalized spacial score (nSPS) is 14.2. The van der Waals surface area contributed by atoms with Gasteiger partial charge in [0.2, 0.25) is 5.91 Å². The molecule has 0 spiro atoms. The largest absolute Gasteiger partial charge is 0.353 e. The highest BCUT2D eigenvalue weighted by molar-refractivity contribution is 6.30. The molecule has 1 fully saturated rings. The Hall–Kier alpha value is -3.04. The molecule has 1 amide bonds. The number of likely N-dealkylation sites (tertiary alicyclic amines) is 1. The molecule has 0 aliphatic carbocycles. The minimum absolute atomic E-state index is 0.189. The van der Waals surface area contributed by atoms with Crippen LogP contribution in [0.25, 0.3) is 22.4 Å². The Morgan fingerprint density at radius 1 is 1.12 bits per heavy atom. The number of amides is 1. The van der Waals surface area contributed by atoms with Gasteiger partial charge < -0.3 is 10.2 Å². The second-order valence-electron chi connectivity index (χ2n) is 7.75. The SMILES string of the molecule is CCn1c(=O)n(CC(=O)NCCN2CCCC2)c(=O)c2cnc(-c3ccc(Cl)cc3)nc21. The Bertz CT molecular complexity index is 1250. The quantitative estimate of drug-likeness (QED) is 0.578. The van der Waals surface area contributed by atoms with Gasteiger partial charge in [0.1, 0.15) is 11.9 Å². The summed E-state index contributed by atoms with van der Waals surface area (Å²) in [6.45, 7) is 5.07. The maximum absolute atomic E-state index is 13.0. The fraction of sp³-hybridized carbons (Fsp3) is 0.409. The van der Waals surface area contributed by atoms with E-state index in [4.69, 9.17) is 11.6 Å². The average molecular weight is 457 g/mol. The summed E-state index contributed by atoms with van der Waals surface area (Å²) in [5, 5.41) is 3.58. The van der Waals surface area contributed by atoms with Gasteiger partial charge in [-0.3, -0.25) is 18.7 Å². The van der Waals surface area contributed by atoms with Crippen molar-refractivity contribution < 1.29 is 4.79 Å². The molecule has 1 aliphatic rings. The summed E-state index contributed by atoms with van der Waals surface area (Å²) in [6.07, 6.45) is 3.76. The van der Waals surface area contributed by atoms with Crippen molar-refractivity contribution in [3.63, 3.8) is 0 Å². The summed E-state index contributed by atoms with van der Waals surface area (Å²) < 4.78 is 2.33. The molecule has 4 rings (SSSR count). The zero-order valence-corrected chi connectivity index (χ0v) is 18.6. The van der Waals surface area contributed by atoms with Gasteiger partial charge in [-0.05, 0) is 57.1 Å². The second-order valence-corrected chi connectivity index (χ2v) is 8.19. The van der Waals surface area contributed by atoms with Crippen molar-refractivity contribution in [2.75, 3.05) is 26.2 Å². The van der Waals surface area contributed by atoms with E-state index in [1.807, 2.05) is 0 Å². The van der Waals surface area contributed by atoms with Crippen LogP contribution in [-0.4, -0.2) is 56.1 Å². The van der Waals surface area contributed by atoms with Crippen molar-refractivity contribution in [2.45, 2.75) is 32.9 Å². The van der Waals surface area contributed by atoms with Gasteiger partial charge in [-0.25, -0.2) is 14.8 Å². The summed E-state index contributed by atoms with van der Waals surface area (Å²) in [6, 6.07) is 6.98. The average Bonchev–Trinajstić information content (AvgIpc) is 3.31. The van der Waals surface area contributed by atoms with Crippen molar-refractivity contribution in [3.8, 4) is 11.4 Å². The number of aromatic nitrogens is 4. The van der Waals surface area contributed by atoms with Crippen molar-refractivity contribution in [2.24, 2.45) is 0 Å². The minimum Gasteiger partial charge on any atom is -0.353 e. The number of hydrogen-bond acceptors (Lipinski definition) is 6. The number of rotatable bonds is 7. The molecule has 1 aliphatic heterocycles. The van der Waals surface area contributed by atoms with E-state index in [2.05, 4.69) is 20.2 Å². The molecule has 10 heteroatoms. The number of nitrogens with one attached hydrogen (secondary N) is 1. The molecule has 1 aromatic carbocycles. The standard InChI is InChI=1S/C22H25ClN6O3/c1-2-28-20-17(13-25-19(26-20)15-5-7-16(23)8-6-15)21(31)29(22(28)32)14-18(30)24-9-12-27-10-3-4-11-27/h5-8,13H,2-4,9-12,14H2,1H3,(H,24,30). The lowest BCUT2D eigenvalue weighted by Crippen LogP contribution is -2.44. The third kappa shape index (κ3) is 4.58. The van der Waals surface area contributed by atoms with E-state index < -0.39 is 11.2 Å². The smallest absolute Gasteiger partial charge is 0.333 e. The molecule has 1 saturated heterocycles. The van der Waals surface area contributed by atoms with Gasteiger partial charge >= 0.3 is 5.69 Å². The number of hydrogen-bond donors (Lipinski definition) is 1. The van der Waals surface area contributed by atoms with Gasteiger partial charge in [0, 0.05) is 36.4 Å². The van der Waals surface area contributed by atoms with E-state index in [-0.39, 0.29) is 23.5 Å². The Kier molecular flexibility index (Phi) is 6.66. The van der Waals surface area contributed by atoms with Gasteiger partial charge in [-0.2, -0.15) is 0 Å². The minimum atomic E-state index is -0.577. The highest BCUT2D eigenvalue weighted by Crippen LogP contribution is 2.19. The predicted octanol–water partition coefficient (Wildman–Crippen LogP) is 1.51. The number of fused-ring (bicyclic) bond motifs is 1. The molecule has 1 N–H and O–H groups in total. The summed E-state index contributed by atoms with van der Waals surface area (Å²) in [5.74, 6) is 0.0108. The number of aryl methyl sites for hydroxylation is 1. The highest BCUT2D eigenvalue weighted by atomic mass is 35.5. The lowest BCUT2D eigenvalue weighted by Gasteiger charge is -2.15. The van der Waals surface area contributed by atoms with Crippen LogP contribution >= 0.6 is 11.6 Å². The Morgan fingerprint density at radius 2 is 1.84 bits per heavy atom. The molecule has 9 nitrogen and oxygen atoms in total. The summed E-state index contributed by atoms with van der Waals surface area (Å²) in [7, 11) is 0. The van der Waals surface area contributed by atoms with Crippen LogP contribution in [0.2, 0.25) is 5.02 Å². The molecule has 32 heavy (non-hydrogen) atoms. The molecule has 3 aromatic rings. The highest BCUT2D eigenvalue weighted by Gasteiger charge is 2.18. The van der Waals surface area contributed by atoms with E-state index in [0.717, 1.165) is 24.2 Å². The lowest BCUT2D eigenvalue weighted by molar-refractivity contribution is -0.121. The summed E-state index contributed by atoms with van der Waals surface area (Å²) in [5.41, 5.74) is -0.186. The maximum atomic E-state index is 13.0. The first kappa shape index (κ1) is 22.2. The van der Waals surface area contributed by atoms with Gasteiger partial charge in [-0.15, -0.1) is 0 Å². The second kappa shape index (κ2) is 9.62. The third-order valence-electron chi connectivity index (χ3n) is 5.63. The van der Waals surface area contributed by atoms with E-state index in [1.54, 1.807) is 31.2 Å². The predicted molar refractivity (Wildman–Crippen MR) is 123 cm³/mol. The molecular weight excluding hydrogens is 432 g/mol. The van der Waals surface area contributed by atoms with Crippen LogP contribution in [0.3, 0.4) is 0 Å². The van der Waals surface area contributed by atoms with Crippen molar-refractivity contribution in [1.82, 2.24) is 29.3 Å². The topological polar surface area (TPSA) is 102 Å². The molecule has 0 bridgehead atoms. The lowest BCUT2D eigenvalue weighted by atomic mass is 10.2. The summed E-state index contributed by atoms with van der Waals surface area (Å²) in [4.78, 5) is 49.5. The van der Waals surface area contributed by atoms with Crippen LogP contribution in [0, 0.1) is 0 Å². The Morgan fingerprint density at radius 3 is 2.53 bits per heavy atom. The van der Waals surface area contributed by atoms with E-state index in [0.29, 0.717) is 29.5 Å². The van der Waals surface area contributed by atoms with Crippen LogP contribution in [-0.2, 0) is 17.9 Å². The Labute approximate surface area is 189 Å². The van der Waals surface area contributed by atoms with Crippen LogP contribution in [0.15, 0.2) is 40.1 Å². The number of nitrogens with zero attached hydrogens (tertiary/aromatic N) is 5. The number of benzene rings is 1. The van der Waals surface area contributed by atoms with Crippen molar-refractivity contribution in [1.29, 1.82) is 0 Å². The van der Waals surface area contributed by atoms with E-state index in [9.17, 15) is 14.4 Å². The molecule has 0 saturated carbocycles. The van der Waals surface area contributed by atoms with E-state index >= 15 is 0 Å². The van der Waals surface area contributed by atoms with Crippen LogP contribution < -0.4 is 16.6 Å². The number of carbonyl (C=O) groups excluding carboxylic acids is 1. The zero-order valence-electron chi connectivity index (χ0n) is 17.9. The van der Waals surface area contributed by atoms with Crippen LogP contribution in [0.4, 0.5) is 0 Å². The number of carbonyl (C=O) groups is 1.